The number of aromatic amines is 1. The van der Waals surface area contributed by atoms with Crippen LogP contribution in [0.2, 0.25) is 0 Å². The van der Waals surface area contributed by atoms with Crippen molar-refractivity contribution in [2.75, 3.05) is 22.1 Å². The Kier molecular flexibility index (Phi) is 5.40. The van der Waals surface area contributed by atoms with Crippen LogP contribution in [0.5, 0.6) is 0 Å². The summed E-state index contributed by atoms with van der Waals surface area (Å²) in [4.78, 5) is 47.4. The lowest BCUT2D eigenvalue weighted by Crippen LogP contribution is -2.41. The van der Waals surface area contributed by atoms with Gasteiger partial charge < -0.3 is 15.5 Å². The number of carbonyl (C=O) groups excluding carboxylic acids is 2. The molecule has 2 aliphatic heterocycles. The molecule has 152 valence electrons. The van der Waals surface area contributed by atoms with Crippen molar-refractivity contribution in [3.05, 3.63) is 44.7 Å². The first kappa shape index (κ1) is 19.6. The Morgan fingerprint density at radius 2 is 2.00 bits per heavy atom. The summed E-state index contributed by atoms with van der Waals surface area (Å²) in [5, 5.41) is 5.45. The lowest BCUT2D eigenvalue weighted by atomic mass is 9.92. The standard InChI is InChI=1S/C20H22BrN5O3/c1-11-4-2-3-9-26(11)20-24-17-16(19(29)25-20)14(10-15(27)23-17)18(28)22-13-7-5-12(21)6-8-13/h5-8,11,14H,2-4,9-10H2,1H3,(H,22,28)(H2,23,24,25,27,29)/t11-,14+/m0/s1. The monoisotopic (exact) mass is 459 g/mol. The quantitative estimate of drug-likeness (QED) is 0.653. The third-order valence-electron chi connectivity index (χ3n) is 5.44. The van der Waals surface area contributed by atoms with Gasteiger partial charge in [-0.3, -0.25) is 19.4 Å². The fraction of sp³-hybridized carbons (Fsp3) is 0.400. The summed E-state index contributed by atoms with van der Waals surface area (Å²) in [5.41, 5.74) is 0.403. The predicted octanol–water partition coefficient (Wildman–Crippen LogP) is 2.98. The van der Waals surface area contributed by atoms with E-state index in [0.717, 1.165) is 30.3 Å². The van der Waals surface area contributed by atoms with Gasteiger partial charge in [-0.05, 0) is 50.5 Å². The first-order chi connectivity index (χ1) is 13.9. The molecule has 0 radical (unpaired) electrons. The van der Waals surface area contributed by atoms with Crippen LogP contribution < -0.4 is 21.1 Å². The summed E-state index contributed by atoms with van der Waals surface area (Å²) in [6, 6.07) is 7.35. The number of nitrogens with one attached hydrogen (secondary N) is 3. The van der Waals surface area contributed by atoms with Crippen molar-refractivity contribution in [2.24, 2.45) is 0 Å². The molecule has 29 heavy (non-hydrogen) atoms. The average Bonchev–Trinajstić information content (AvgIpc) is 2.69. The van der Waals surface area contributed by atoms with Gasteiger partial charge in [-0.2, -0.15) is 4.98 Å². The second-order valence-corrected chi connectivity index (χ2v) is 8.41. The number of piperidine rings is 1. The third kappa shape index (κ3) is 4.05. The van der Waals surface area contributed by atoms with Crippen molar-refractivity contribution in [1.82, 2.24) is 9.97 Å². The molecular weight excluding hydrogens is 438 g/mol. The number of amides is 2. The minimum Gasteiger partial charge on any atom is -0.340 e. The van der Waals surface area contributed by atoms with Crippen LogP contribution in [0.25, 0.3) is 0 Å². The van der Waals surface area contributed by atoms with Gasteiger partial charge in [-0.1, -0.05) is 15.9 Å². The fourth-order valence-corrected chi connectivity index (χ4v) is 4.16. The highest BCUT2D eigenvalue weighted by molar-refractivity contribution is 9.10. The Morgan fingerprint density at radius 1 is 1.24 bits per heavy atom. The van der Waals surface area contributed by atoms with Gasteiger partial charge in [0, 0.05) is 29.2 Å². The molecule has 9 heteroatoms. The molecule has 0 aliphatic carbocycles. The van der Waals surface area contributed by atoms with Gasteiger partial charge in [0.25, 0.3) is 5.56 Å². The van der Waals surface area contributed by atoms with Crippen LogP contribution in [-0.4, -0.2) is 34.4 Å². The van der Waals surface area contributed by atoms with E-state index < -0.39 is 17.4 Å². The third-order valence-corrected chi connectivity index (χ3v) is 5.97. The number of aromatic nitrogens is 2. The molecule has 1 fully saturated rings. The molecule has 3 N–H and O–H groups in total. The van der Waals surface area contributed by atoms with E-state index in [1.807, 2.05) is 4.90 Å². The van der Waals surface area contributed by atoms with E-state index >= 15 is 0 Å². The van der Waals surface area contributed by atoms with Gasteiger partial charge in [-0.15, -0.1) is 0 Å². The second-order valence-electron chi connectivity index (χ2n) is 7.49. The molecule has 2 aromatic rings. The lowest BCUT2D eigenvalue weighted by Gasteiger charge is -2.34. The maximum atomic E-state index is 12.9. The molecule has 8 nitrogen and oxygen atoms in total. The first-order valence-electron chi connectivity index (χ1n) is 9.69. The molecule has 2 aliphatic rings. The normalized spacial score (nSPS) is 21.3. The number of halogens is 1. The van der Waals surface area contributed by atoms with Crippen molar-refractivity contribution < 1.29 is 9.59 Å². The highest BCUT2D eigenvalue weighted by Gasteiger charge is 2.35. The van der Waals surface area contributed by atoms with Gasteiger partial charge in [0.1, 0.15) is 5.82 Å². The Morgan fingerprint density at radius 3 is 2.72 bits per heavy atom. The van der Waals surface area contributed by atoms with Gasteiger partial charge in [0.05, 0.1) is 11.5 Å². The average molecular weight is 460 g/mol. The Balaban J connectivity index is 1.65. The highest BCUT2D eigenvalue weighted by atomic mass is 79.9. The molecule has 0 bridgehead atoms. The molecule has 1 aromatic carbocycles. The molecule has 0 saturated carbocycles. The zero-order chi connectivity index (χ0) is 20.5. The molecule has 4 rings (SSSR count). The fourth-order valence-electron chi connectivity index (χ4n) is 3.89. The van der Waals surface area contributed by atoms with Crippen molar-refractivity contribution >= 4 is 45.2 Å². The van der Waals surface area contributed by atoms with Crippen LogP contribution >= 0.6 is 15.9 Å². The Hall–Kier alpha value is -2.68. The number of hydrogen-bond donors (Lipinski definition) is 3. The summed E-state index contributed by atoms with van der Waals surface area (Å²) in [6.45, 7) is 2.88. The van der Waals surface area contributed by atoms with Gasteiger partial charge in [-0.25, -0.2) is 0 Å². The summed E-state index contributed by atoms with van der Waals surface area (Å²) in [6.07, 6.45) is 3.09. The van der Waals surface area contributed by atoms with Crippen LogP contribution in [0.4, 0.5) is 17.5 Å². The van der Waals surface area contributed by atoms with Crippen LogP contribution in [0, 0.1) is 0 Å². The minimum absolute atomic E-state index is 0.0976. The second kappa shape index (κ2) is 7.98. The highest BCUT2D eigenvalue weighted by Crippen LogP contribution is 2.31. The maximum Gasteiger partial charge on any atom is 0.258 e. The van der Waals surface area contributed by atoms with Crippen molar-refractivity contribution in [2.45, 2.75) is 44.6 Å². The topological polar surface area (TPSA) is 107 Å². The van der Waals surface area contributed by atoms with E-state index in [-0.39, 0.29) is 29.8 Å². The number of hydrogen-bond acceptors (Lipinski definition) is 5. The van der Waals surface area contributed by atoms with Crippen molar-refractivity contribution in [3.63, 3.8) is 0 Å². The minimum atomic E-state index is -0.897. The van der Waals surface area contributed by atoms with Crippen LogP contribution in [0.3, 0.4) is 0 Å². The van der Waals surface area contributed by atoms with E-state index in [2.05, 4.69) is 43.5 Å². The molecule has 0 unspecified atom stereocenters. The number of H-pyrrole nitrogens is 1. The zero-order valence-corrected chi connectivity index (χ0v) is 17.6. The molecule has 3 heterocycles. The number of anilines is 3. The summed E-state index contributed by atoms with van der Waals surface area (Å²) >= 11 is 3.35. The number of fused-ring (bicyclic) bond motifs is 1. The SMILES string of the molecule is C[C@H]1CCCCN1c1nc2c(c(=O)[nH]1)[C@H](C(=O)Nc1ccc(Br)cc1)CC(=O)N2. The molecule has 1 saturated heterocycles. The van der Waals surface area contributed by atoms with Gasteiger partial charge in [0.2, 0.25) is 17.8 Å². The molecule has 2 amide bonds. The predicted molar refractivity (Wildman–Crippen MR) is 114 cm³/mol. The summed E-state index contributed by atoms with van der Waals surface area (Å²) in [5.74, 6) is -1.02. The Labute approximate surface area is 176 Å². The number of rotatable bonds is 3. The number of nitrogens with zero attached hydrogens (tertiary/aromatic N) is 2. The van der Waals surface area contributed by atoms with E-state index in [0.29, 0.717) is 11.6 Å². The Bertz CT molecular complexity index is 1000. The molecule has 2 atom stereocenters. The van der Waals surface area contributed by atoms with E-state index in [9.17, 15) is 14.4 Å². The van der Waals surface area contributed by atoms with Crippen LogP contribution in [0.15, 0.2) is 33.5 Å². The number of carbonyl (C=O) groups is 2. The molecule has 1 aromatic heterocycles. The lowest BCUT2D eigenvalue weighted by molar-refractivity contribution is -0.123. The van der Waals surface area contributed by atoms with Crippen LogP contribution in [0.1, 0.15) is 44.1 Å². The maximum absolute atomic E-state index is 12.9. The van der Waals surface area contributed by atoms with Crippen LogP contribution in [-0.2, 0) is 9.59 Å². The smallest absolute Gasteiger partial charge is 0.258 e. The van der Waals surface area contributed by atoms with Gasteiger partial charge in [0.15, 0.2) is 0 Å². The van der Waals surface area contributed by atoms with Crippen molar-refractivity contribution in [1.29, 1.82) is 0 Å². The first-order valence-corrected chi connectivity index (χ1v) is 10.5. The molecule has 0 spiro atoms. The van der Waals surface area contributed by atoms with E-state index in [1.54, 1.807) is 24.3 Å². The zero-order valence-electron chi connectivity index (χ0n) is 16.0. The summed E-state index contributed by atoms with van der Waals surface area (Å²) in [7, 11) is 0. The summed E-state index contributed by atoms with van der Waals surface area (Å²) < 4.78 is 0.887. The van der Waals surface area contributed by atoms with Crippen molar-refractivity contribution in [3.8, 4) is 0 Å². The largest absolute Gasteiger partial charge is 0.340 e. The van der Waals surface area contributed by atoms with E-state index in [4.69, 9.17) is 0 Å². The number of benzene rings is 1. The van der Waals surface area contributed by atoms with E-state index in [1.165, 1.54) is 0 Å². The molecular formula is C20H22BrN5O3. The van der Waals surface area contributed by atoms with Gasteiger partial charge >= 0.3 is 0 Å².